The molecule has 0 saturated heterocycles. The van der Waals surface area contributed by atoms with Gasteiger partial charge in [0.05, 0.1) is 0 Å². The van der Waals surface area contributed by atoms with Gasteiger partial charge in [0.1, 0.15) is 1.37 Å². The summed E-state index contributed by atoms with van der Waals surface area (Å²) >= 11 is 0. The summed E-state index contributed by atoms with van der Waals surface area (Å²) < 4.78 is 5.74. The van der Waals surface area contributed by atoms with Gasteiger partial charge in [0.15, 0.2) is 0 Å². The van der Waals surface area contributed by atoms with E-state index in [-0.39, 0.29) is 14.9 Å². The quantitative estimate of drug-likeness (QED) is 0.387. The third kappa shape index (κ3) is 34800. The lowest BCUT2D eigenvalue weighted by molar-refractivity contribution is 1.50. The van der Waals surface area contributed by atoms with Gasteiger partial charge in [0.2, 0.25) is 0 Å². The van der Waals surface area contributed by atoms with Crippen LogP contribution < -0.4 is 0 Å². The molecule has 0 heterocycles. The van der Waals surface area contributed by atoms with Crippen molar-refractivity contribution in [1.82, 2.24) is 0 Å². The maximum Gasteiger partial charge on any atom is 0.124 e. The summed E-state index contributed by atoms with van der Waals surface area (Å²) in [5.74, 6) is 0. The summed E-state index contributed by atoms with van der Waals surface area (Å²) in [6, 6.07) is 0. The molecule has 0 aromatic carbocycles. The van der Waals surface area contributed by atoms with Gasteiger partial charge in [-0.1, -0.05) is 139 Å². The first kappa shape index (κ1) is 81.7. The van der Waals surface area contributed by atoms with E-state index in [1.165, 1.54) is 6.40 Å². The smallest absolute Gasteiger partial charge is 0.124 e. The maximum atomic E-state index is 5.74. The van der Waals surface area contributed by atoms with E-state index in [1.807, 2.05) is 125 Å². The molecule has 0 aliphatic rings. The number of hydrogen-bond donors (Lipinski definition) is 0. The van der Waals surface area contributed by atoms with Crippen LogP contribution in [0.4, 0.5) is 0 Å². The molecule has 0 nitrogen and oxygen atoms in total. The molecule has 0 fully saturated rings. The van der Waals surface area contributed by atoms with Crippen LogP contribution in [0.2, 0.25) is 0 Å². The van der Waals surface area contributed by atoms with Crippen molar-refractivity contribution in [2.75, 3.05) is 0 Å². The Balaban J connectivity index is -0.00000000581. The molecular weight excluding hydrogens is 264 g/mol. The molecule has 0 unspecified atom stereocenters. The number of hydrogen-bond acceptors (Lipinski definition) is 0. The van der Waals surface area contributed by atoms with Crippen LogP contribution in [0.3, 0.4) is 0 Å². The van der Waals surface area contributed by atoms with Gasteiger partial charge in [0.25, 0.3) is 0 Å². The summed E-state index contributed by atoms with van der Waals surface area (Å²) in [7, 11) is 0. The lowest BCUT2D eigenvalue weighted by Crippen LogP contribution is -0.856. The van der Waals surface area contributed by atoms with Crippen LogP contribution >= 0.6 is 0 Å². The Morgan fingerprint density at radius 3 is 0.364 bits per heavy atom. The van der Waals surface area contributed by atoms with Crippen LogP contribution in [0.25, 0.3) is 0 Å². The molecule has 22 heavy (non-hydrogen) atoms. The highest BCUT2D eigenvalue weighted by Crippen LogP contribution is 1.16. The summed E-state index contributed by atoms with van der Waals surface area (Å²) in [5.41, 5.74) is 0. The van der Waals surface area contributed by atoms with E-state index >= 15 is 0 Å². The predicted molar refractivity (Wildman–Crippen MR) is 125 cm³/mol. The first-order valence-electron chi connectivity index (χ1n) is 9.79. The minimum absolute atomic E-state index is 0. The zero-order valence-corrected chi connectivity index (χ0v) is 19.1. The molecule has 0 aromatic heterocycles. The topological polar surface area (TPSA) is 0 Å². The fraction of sp³-hybridized carbons (Fsp3) is 0.909. The van der Waals surface area contributed by atoms with E-state index < -0.39 is 0 Å². The minimum atomic E-state index is 0. The van der Waals surface area contributed by atoms with Crippen LogP contribution in [0.5, 0.6) is 0 Å². The summed E-state index contributed by atoms with van der Waals surface area (Å²) in [4.78, 5) is 0. The van der Waals surface area contributed by atoms with Gasteiger partial charge in [-0.2, -0.15) is 0 Å². The molecule has 0 aromatic rings. The minimum Gasteiger partial charge on any atom is -0.124 e. The molecule has 0 atom stereocenters. The van der Waals surface area contributed by atoms with E-state index in [0.29, 0.717) is 0 Å². The van der Waals surface area contributed by atoms with Crippen molar-refractivity contribution < 1.29 is 1.37 Å². The molecule has 0 spiro atoms. The maximum absolute atomic E-state index is 5.74. The van der Waals surface area contributed by atoms with Gasteiger partial charge in [0, 0.05) is 0 Å². The molecule has 0 bridgehead atoms. The van der Waals surface area contributed by atoms with E-state index in [4.69, 9.17) is 1.37 Å². The first-order valence-corrected chi connectivity index (χ1v) is 9.29. The van der Waals surface area contributed by atoms with Crippen molar-refractivity contribution in [2.45, 2.75) is 139 Å². The van der Waals surface area contributed by atoms with Gasteiger partial charge in [-0.05, 0) is 0 Å². The Hall–Kier alpha value is -0.440. The molecular formula is C22H64. The Labute approximate surface area is 154 Å². The highest BCUT2D eigenvalue weighted by Gasteiger charge is 0.948. The summed E-state index contributed by atoms with van der Waals surface area (Å²) in [6.45, 7) is 36.0. The Morgan fingerprint density at radius 2 is 0.364 bits per heavy atom. The zero-order valence-electron chi connectivity index (χ0n) is 20.1. The Morgan fingerprint density at radius 1 is 0.364 bits per heavy atom. The van der Waals surface area contributed by atoms with Crippen LogP contribution in [0.1, 0.15) is 141 Å². The molecule has 152 valence electrons. The van der Waals surface area contributed by atoms with Crippen molar-refractivity contribution in [3.05, 3.63) is 0 Å². The van der Waals surface area contributed by atoms with Gasteiger partial charge in [-0.3, -0.25) is 0 Å². The first-order chi connectivity index (χ1) is 10.4. The normalized spacial score (nSPS) is 2.86. The molecule has 0 saturated carbocycles. The van der Waals surface area contributed by atoms with Crippen LogP contribution in [-0.2, 0) is 0 Å². The lowest BCUT2D eigenvalue weighted by Gasteiger charge is -1.07. The van der Waals surface area contributed by atoms with Gasteiger partial charge in [-0.25, -0.2) is 0 Å². The van der Waals surface area contributed by atoms with Gasteiger partial charge < -0.3 is 0 Å². The highest BCUT2D eigenvalue weighted by molar-refractivity contribution is 4.47. The van der Waals surface area contributed by atoms with E-state index in [2.05, 4.69) is 6.42 Å². The summed E-state index contributed by atoms with van der Waals surface area (Å²) in [5, 5.41) is 0. The summed E-state index contributed by atoms with van der Waals surface area (Å²) in [6.07, 6.45) is 5.76. The zero-order chi connectivity index (χ0) is 20.7. The van der Waals surface area contributed by atoms with Crippen molar-refractivity contribution in [3.8, 4) is 12.8 Å². The SMILES string of the molecule is C.C.CC.CC.CC.CC.CC.CC.CC.CC.CC.[3H]C#C. The standard InChI is InChI=1S/9C2H6.C2H2.2CH4/c10*1-2;;/h9*1-2H3;1-2H;2*1H4/i;;;;;;;;;1T;;. The lowest BCUT2D eigenvalue weighted by atomic mass is 11.0. The molecule has 0 rings (SSSR count). The van der Waals surface area contributed by atoms with Crippen molar-refractivity contribution in [2.24, 2.45) is 0 Å². The molecule has 0 heteroatoms. The fourth-order valence-corrected chi connectivity index (χ4v) is 0. The second-order valence-electron chi connectivity index (χ2n) is 0. The third-order valence-corrected chi connectivity index (χ3v) is 0. The molecule has 0 aliphatic carbocycles. The predicted octanol–water partition coefficient (Wildman–Crippen LogP) is 10.8. The Kier molecular flexibility index (Phi) is 151000. The average Bonchev–Trinajstić information content (AvgIpc) is 2.70. The molecule has 0 radical (unpaired) electrons. The van der Waals surface area contributed by atoms with E-state index in [1.54, 1.807) is 0 Å². The van der Waals surface area contributed by atoms with Gasteiger partial charge in [-0.15, -0.1) is 12.8 Å². The Bertz CT molecular complexity index is 27.4. The highest BCUT2D eigenvalue weighted by atomic mass is 13.0. The van der Waals surface area contributed by atoms with E-state index in [9.17, 15) is 0 Å². The van der Waals surface area contributed by atoms with Crippen molar-refractivity contribution in [3.63, 3.8) is 0 Å². The van der Waals surface area contributed by atoms with Crippen LogP contribution in [-0.4, -0.2) is 0 Å². The monoisotopic (exact) mass is 331 g/mol. The van der Waals surface area contributed by atoms with Crippen LogP contribution in [0, 0.1) is 12.8 Å². The third-order valence-electron chi connectivity index (χ3n) is 0. The van der Waals surface area contributed by atoms with Crippen molar-refractivity contribution >= 4 is 0 Å². The van der Waals surface area contributed by atoms with Gasteiger partial charge >= 0.3 is 0 Å². The number of terminal acetylenes is 1. The average molecular weight is 331 g/mol. The van der Waals surface area contributed by atoms with Crippen LogP contribution in [0.15, 0.2) is 0 Å². The second kappa shape index (κ2) is 40600. The molecule has 0 amide bonds. The fourth-order valence-electron chi connectivity index (χ4n) is 0. The largest absolute Gasteiger partial charge is 0.124 e. The van der Waals surface area contributed by atoms with E-state index in [0.717, 1.165) is 0 Å². The number of rotatable bonds is 0. The van der Waals surface area contributed by atoms with Crippen molar-refractivity contribution in [1.29, 1.82) is 0 Å². The molecule has 0 aliphatic heterocycles. The second-order valence-corrected chi connectivity index (χ2v) is 0. The molecule has 0 N–H and O–H groups in total.